The van der Waals surface area contributed by atoms with Gasteiger partial charge in [0.1, 0.15) is 0 Å². The van der Waals surface area contributed by atoms with Gasteiger partial charge in [0, 0.05) is 17.7 Å². The predicted molar refractivity (Wildman–Crippen MR) is 80.8 cm³/mol. The third-order valence-corrected chi connectivity index (χ3v) is 3.38. The fourth-order valence-corrected chi connectivity index (χ4v) is 2.43. The van der Waals surface area contributed by atoms with Gasteiger partial charge >= 0.3 is 0 Å². The first-order valence-corrected chi connectivity index (χ1v) is 6.83. The smallest absolute Gasteiger partial charge is 0.259 e. The minimum absolute atomic E-state index is 0.0314. The second kappa shape index (κ2) is 5.22. The molecule has 0 radical (unpaired) electrons. The van der Waals surface area contributed by atoms with Gasteiger partial charge < -0.3 is 4.90 Å². The van der Waals surface area contributed by atoms with Crippen LogP contribution in [0.4, 0.5) is 5.69 Å². The maximum atomic E-state index is 12.8. The molecule has 2 nitrogen and oxygen atoms in total. The van der Waals surface area contributed by atoms with Gasteiger partial charge in [-0.2, -0.15) is 0 Å². The Morgan fingerprint density at radius 3 is 2.40 bits per heavy atom. The van der Waals surface area contributed by atoms with Crippen molar-refractivity contribution in [2.24, 2.45) is 0 Å². The first kappa shape index (κ1) is 12.5. The van der Waals surface area contributed by atoms with Crippen molar-refractivity contribution in [2.75, 3.05) is 11.4 Å². The van der Waals surface area contributed by atoms with E-state index < -0.39 is 0 Å². The quantitative estimate of drug-likeness (QED) is 0.758. The summed E-state index contributed by atoms with van der Waals surface area (Å²) in [5, 5.41) is 0. The first-order valence-electron chi connectivity index (χ1n) is 6.83. The van der Waals surface area contributed by atoms with Gasteiger partial charge in [0.25, 0.3) is 5.91 Å². The van der Waals surface area contributed by atoms with E-state index in [1.54, 1.807) is 0 Å². The van der Waals surface area contributed by atoms with E-state index in [9.17, 15) is 4.79 Å². The summed E-state index contributed by atoms with van der Waals surface area (Å²) in [6.45, 7) is 2.78. The SMILES string of the molecule is CCCN1C(=O)c2ccccc2C#Cc2ccccc21. The Balaban J connectivity index is 2.24. The fourth-order valence-electron chi connectivity index (χ4n) is 2.43. The van der Waals surface area contributed by atoms with Crippen LogP contribution >= 0.6 is 0 Å². The minimum atomic E-state index is 0.0314. The molecule has 0 fully saturated rings. The second-order valence-corrected chi connectivity index (χ2v) is 4.77. The maximum absolute atomic E-state index is 12.8. The van der Waals surface area contributed by atoms with Crippen molar-refractivity contribution in [3.05, 3.63) is 65.2 Å². The minimum Gasteiger partial charge on any atom is -0.307 e. The molecule has 3 rings (SSSR count). The summed E-state index contributed by atoms with van der Waals surface area (Å²) in [5.41, 5.74) is 3.29. The Labute approximate surface area is 119 Å². The molecular weight excluding hydrogens is 246 g/mol. The number of amides is 1. The van der Waals surface area contributed by atoms with E-state index in [0.29, 0.717) is 12.1 Å². The van der Waals surface area contributed by atoms with Gasteiger partial charge in [-0.3, -0.25) is 4.79 Å². The van der Waals surface area contributed by atoms with Crippen LogP contribution in [0.5, 0.6) is 0 Å². The molecule has 2 aromatic rings. The molecule has 1 heterocycles. The first-order chi connectivity index (χ1) is 9.81. The molecule has 1 aliphatic heterocycles. The van der Waals surface area contributed by atoms with Gasteiger partial charge in [-0.05, 0) is 30.7 Å². The molecule has 1 aliphatic rings. The molecule has 0 atom stereocenters. The number of rotatable bonds is 2. The van der Waals surface area contributed by atoms with Crippen LogP contribution in [0.1, 0.15) is 34.8 Å². The van der Waals surface area contributed by atoms with Crippen molar-refractivity contribution in [1.82, 2.24) is 0 Å². The Bertz CT molecular complexity index is 721. The van der Waals surface area contributed by atoms with Crippen LogP contribution in [0, 0.1) is 11.8 Å². The number of hydrogen-bond donors (Lipinski definition) is 0. The summed E-state index contributed by atoms with van der Waals surface area (Å²) in [4.78, 5) is 14.6. The largest absolute Gasteiger partial charge is 0.307 e. The molecular formula is C18H15NO. The number of para-hydroxylation sites is 1. The summed E-state index contributed by atoms with van der Waals surface area (Å²) in [5.74, 6) is 6.33. The van der Waals surface area contributed by atoms with Crippen LogP contribution in [0.3, 0.4) is 0 Å². The topological polar surface area (TPSA) is 20.3 Å². The number of benzene rings is 2. The second-order valence-electron chi connectivity index (χ2n) is 4.77. The highest BCUT2D eigenvalue weighted by Crippen LogP contribution is 2.25. The van der Waals surface area contributed by atoms with Gasteiger partial charge in [0.2, 0.25) is 0 Å². The molecule has 2 heteroatoms. The van der Waals surface area contributed by atoms with Gasteiger partial charge in [-0.15, -0.1) is 0 Å². The van der Waals surface area contributed by atoms with E-state index in [4.69, 9.17) is 0 Å². The molecule has 1 amide bonds. The molecule has 98 valence electrons. The number of nitrogens with zero attached hydrogens (tertiary/aromatic N) is 1. The lowest BCUT2D eigenvalue weighted by Gasteiger charge is -2.25. The summed E-state index contributed by atoms with van der Waals surface area (Å²) >= 11 is 0. The van der Waals surface area contributed by atoms with Crippen LogP contribution in [-0.4, -0.2) is 12.5 Å². The molecule has 0 saturated heterocycles. The van der Waals surface area contributed by atoms with Crippen molar-refractivity contribution in [1.29, 1.82) is 0 Å². The van der Waals surface area contributed by atoms with E-state index >= 15 is 0 Å². The molecule has 0 N–H and O–H groups in total. The van der Waals surface area contributed by atoms with E-state index in [0.717, 1.165) is 23.2 Å². The Morgan fingerprint density at radius 2 is 1.60 bits per heavy atom. The summed E-state index contributed by atoms with van der Waals surface area (Å²) in [6, 6.07) is 15.4. The standard InChI is InChI=1S/C18H15NO/c1-2-13-19-17-10-6-4-8-15(17)12-11-14-7-3-5-9-16(14)18(19)20/h3-10H,2,13H2,1H3. The summed E-state index contributed by atoms with van der Waals surface area (Å²) in [7, 11) is 0. The van der Waals surface area contributed by atoms with Crippen molar-refractivity contribution in [2.45, 2.75) is 13.3 Å². The highest BCUT2D eigenvalue weighted by atomic mass is 16.2. The highest BCUT2D eigenvalue weighted by Gasteiger charge is 2.22. The number of carbonyl (C=O) groups is 1. The fraction of sp³-hybridized carbons (Fsp3) is 0.167. The average Bonchev–Trinajstić information content (AvgIpc) is 2.49. The van der Waals surface area contributed by atoms with Crippen molar-refractivity contribution in [3.8, 4) is 11.8 Å². The highest BCUT2D eigenvalue weighted by molar-refractivity contribution is 6.08. The average molecular weight is 261 g/mol. The van der Waals surface area contributed by atoms with Crippen molar-refractivity contribution < 1.29 is 4.79 Å². The number of anilines is 1. The zero-order valence-corrected chi connectivity index (χ0v) is 11.4. The number of hydrogen-bond acceptors (Lipinski definition) is 1. The molecule has 0 spiro atoms. The van der Waals surface area contributed by atoms with Crippen molar-refractivity contribution >= 4 is 11.6 Å². The van der Waals surface area contributed by atoms with Crippen LogP contribution in [0.25, 0.3) is 0 Å². The molecule has 0 bridgehead atoms. The summed E-state index contributed by atoms with van der Waals surface area (Å²) in [6.07, 6.45) is 0.912. The molecule has 2 aromatic carbocycles. The maximum Gasteiger partial charge on any atom is 0.259 e. The Kier molecular flexibility index (Phi) is 3.26. The van der Waals surface area contributed by atoms with Gasteiger partial charge in [0.05, 0.1) is 11.3 Å². The third kappa shape index (κ3) is 2.08. The number of fused-ring (bicyclic) bond motifs is 2. The van der Waals surface area contributed by atoms with Crippen LogP contribution in [0.2, 0.25) is 0 Å². The third-order valence-electron chi connectivity index (χ3n) is 3.38. The van der Waals surface area contributed by atoms with Gasteiger partial charge in [-0.1, -0.05) is 43.0 Å². The zero-order chi connectivity index (χ0) is 13.9. The zero-order valence-electron chi connectivity index (χ0n) is 11.4. The Morgan fingerprint density at radius 1 is 0.950 bits per heavy atom. The van der Waals surface area contributed by atoms with Crippen LogP contribution in [-0.2, 0) is 0 Å². The Hall–Kier alpha value is -2.53. The molecule has 0 unspecified atom stereocenters. The van der Waals surface area contributed by atoms with Gasteiger partial charge in [-0.25, -0.2) is 0 Å². The van der Waals surface area contributed by atoms with E-state index in [1.165, 1.54) is 0 Å². The van der Waals surface area contributed by atoms with Crippen LogP contribution in [0.15, 0.2) is 48.5 Å². The van der Waals surface area contributed by atoms with E-state index in [-0.39, 0.29) is 5.91 Å². The predicted octanol–water partition coefficient (Wildman–Crippen LogP) is 3.46. The molecule has 0 saturated carbocycles. The normalized spacial score (nSPS) is 12.7. The molecule has 0 aliphatic carbocycles. The molecule has 20 heavy (non-hydrogen) atoms. The summed E-state index contributed by atoms with van der Waals surface area (Å²) < 4.78 is 0. The van der Waals surface area contributed by atoms with Crippen LogP contribution < -0.4 is 4.90 Å². The monoisotopic (exact) mass is 261 g/mol. The lowest BCUT2D eigenvalue weighted by molar-refractivity contribution is 0.0986. The van der Waals surface area contributed by atoms with Gasteiger partial charge in [0.15, 0.2) is 0 Å². The van der Waals surface area contributed by atoms with Crippen molar-refractivity contribution in [3.63, 3.8) is 0 Å². The number of carbonyl (C=O) groups excluding carboxylic acids is 1. The van der Waals surface area contributed by atoms with E-state index in [1.807, 2.05) is 53.4 Å². The lowest BCUT2D eigenvalue weighted by Crippen LogP contribution is -2.33. The molecule has 0 aromatic heterocycles. The lowest BCUT2D eigenvalue weighted by atomic mass is 10.0. The van der Waals surface area contributed by atoms with E-state index in [2.05, 4.69) is 18.8 Å².